The Balaban J connectivity index is 1.26. The van der Waals surface area contributed by atoms with Crippen LogP contribution in [-0.4, -0.2) is 33.9 Å². The van der Waals surface area contributed by atoms with Gasteiger partial charge in [-0.15, -0.1) is 0 Å². The van der Waals surface area contributed by atoms with E-state index in [1.165, 1.54) is 27.8 Å². The molecule has 0 saturated heterocycles. The Labute approximate surface area is 192 Å². The van der Waals surface area contributed by atoms with Gasteiger partial charge in [-0.2, -0.15) is 0 Å². The maximum Gasteiger partial charge on any atom is 0.160 e. The average Bonchev–Trinajstić information content (AvgIpc) is 3.00. The van der Waals surface area contributed by atoms with E-state index >= 15 is 0 Å². The van der Waals surface area contributed by atoms with Crippen LogP contribution in [-0.2, 0) is 19.3 Å². The molecule has 32 heavy (non-hydrogen) atoms. The third kappa shape index (κ3) is 5.32. The Morgan fingerprint density at radius 2 is 1.41 bits per heavy atom. The van der Waals surface area contributed by atoms with Crippen molar-refractivity contribution in [1.82, 2.24) is 10.6 Å². The Kier molecular flexibility index (Phi) is 7.81. The van der Waals surface area contributed by atoms with Crippen LogP contribution in [0.4, 0.5) is 0 Å². The van der Waals surface area contributed by atoms with Gasteiger partial charge in [0, 0.05) is 0 Å². The van der Waals surface area contributed by atoms with Crippen molar-refractivity contribution >= 4 is 0 Å². The van der Waals surface area contributed by atoms with E-state index in [2.05, 4.69) is 71.3 Å². The summed E-state index contributed by atoms with van der Waals surface area (Å²) in [6.45, 7) is 2.93. The third-order valence-electron chi connectivity index (χ3n) is 6.31. The van der Waals surface area contributed by atoms with Crippen LogP contribution in [0, 0.1) is 0 Å². The van der Waals surface area contributed by atoms with Crippen molar-refractivity contribution in [3.05, 3.63) is 94.5 Å². The fourth-order valence-corrected chi connectivity index (χ4v) is 4.60. The predicted octanol–water partition coefficient (Wildman–Crippen LogP) is 4.70. The van der Waals surface area contributed by atoms with E-state index in [0.29, 0.717) is 0 Å². The van der Waals surface area contributed by atoms with Crippen molar-refractivity contribution in [2.75, 3.05) is 33.9 Å². The zero-order valence-corrected chi connectivity index (χ0v) is 19.2. The highest BCUT2D eigenvalue weighted by Gasteiger charge is 2.22. The smallest absolute Gasteiger partial charge is 0.160 e. The van der Waals surface area contributed by atoms with Crippen LogP contribution in [0.2, 0.25) is 0 Å². The maximum atomic E-state index is 5.40. The minimum atomic E-state index is 0.275. The molecule has 1 aliphatic rings. The number of methoxy groups -OCH3 is 2. The topological polar surface area (TPSA) is 42.5 Å². The molecule has 0 fully saturated rings. The van der Waals surface area contributed by atoms with Gasteiger partial charge in [0.2, 0.25) is 0 Å². The van der Waals surface area contributed by atoms with Gasteiger partial charge in [0.05, 0.1) is 20.3 Å². The summed E-state index contributed by atoms with van der Waals surface area (Å²) in [5.74, 6) is 1.56. The molecule has 3 aromatic carbocycles. The van der Waals surface area contributed by atoms with Gasteiger partial charge < -0.3 is 20.1 Å². The van der Waals surface area contributed by atoms with Gasteiger partial charge >= 0.3 is 0 Å². The number of hydrogen-bond acceptors (Lipinski definition) is 4. The second kappa shape index (κ2) is 11.2. The van der Waals surface area contributed by atoms with E-state index in [1.807, 2.05) is 6.07 Å². The van der Waals surface area contributed by atoms with Gasteiger partial charge in [-0.1, -0.05) is 54.6 Å². The highest BCUT2D eigenvalue weighted by Crippen LogP contribution is 2.32. The molecule has 0 amide bonds. The Morgan fingerprint density at radius 3 is 2.06 bits per heavy atom. The second-order valence-corrected chi connectivity index (χ2v) is 8.33. The molecule has 4 nitrogen and oxygen atoms in total. The first-order valence-electron chi connectivity index (χ1n) is 11.6. The molecule has 0 heterocycles. The molecule has 0 unspecified atom stereocenters. The van der Waals surface area contributed by atoms with Crippen LogP contribution in [0.1, 0.15) is 40.3 Å². The number of benzene rings is 3. The van der Waals surface area contributed by atoms with Gasteiger partial charge in [0.25, 0.3) is 0 Å². The summed E-state index contributed by atoms with van der Waals surface area (Å²) in [7, 11) is 3.34. The molecular formula is C28H34N2O2. The monoisotopic (exact) mass is 430 g/mol. The first-order valence-corrected chi connectivity index (χ1v) is 11.6. The molecule has 0 atom stereocenters. The second-order valence-electron chi connectivity index (χ2n) is 8.33. The van der Waals surface area contributed by atoms with Crippen LogP contribution in [0.5, 0.6) is 11.5 Å². The van der Waals surface area contributed by atoms with Gasteiger partial charge in [0.15, 0.2) is 11.5 Å². The van der Waals surface area contributed by atoms with Crippen LogP contribution < -0.4 is 20.1 Å². The number of hydrogen-bond donors (Lipinski definition) is 2. The molecule has 3 aromatic rings. The largest absolute Gasteiger partial charge is 0.493 e. The minimum Gasteiger partial charge on any atom is -0.493 e. The van der Waals surface area contributed by atoms with E-state index in [4.69, 9.17) is 9.47 Å². The SMILES string of the molecule is COc1ccc(CCNCCCNC2c3ccccc3CCc3ccccc32)cc1OC. The fourth-order valence-electron chi connectivity index (χ4n) is 4.60. The molecule has 2 N–H and O–H groups in total. The molecule has 0 radical (unpaired) electrons. The summed E-state index contributed by atoms with van der Waals surface area (Å²) in [6, 6.07) is 24.2. The third-order valence-corrected chi connectivity index (χ3v) is 6.31. The average molecular weight is 431 g/mol. The quantitative estimate of drug-likeness (QED) is 0.458. The first kappa shape index (κ1) is 22.4. The van der Waals surface area contributed by atoms with E-state index in [-0.39, 0.29) is 6.04 Å². The predicted molar refractivity (Wildman–Crippen MR) is 131 cm³/mol. The Bertz CT molecular complexity index is 970. The number of rotatable bonds is 10. The lowest BCUT2D eigenvalue weighted by molar-refractivity contribution is 0.354. The molecule has 1 aliphatic carbocycles. The van der Waals surface area contributed by atoms with Gasteiger partial charge in [-0.3, -0.25) is 0 Å². The fraction of sp³-hybridized carbons (Fsp3) is 0.357. The Morgan fingerprint density at radius 1 is 0.750 bits per heavy atom. The lowest BCUT2D eigenvalue weighted by atomic mass is 9.94. The van der Waals surface area contributed by atoms with Crippen molar-refractivity contribution < 1.29 is 9.47 Å². The van der Waals surface area contributed by atoms with Gasteiger partial charge in [-0.25, -0.2) is 0 Å². The highest BCUT2D eigenvalue weighted by atomic mass is 16.5. The van der Waals surface area contributed by atoms with Crippen molar-refractivity contribution in [1.29, 1.82) is 0 Å². The van der Waals surface area contributed by atoms with E-state index in [1.54, 1.807) is 14.2 Å². The molecule has 0 saturated carbocycles. The van der Waals surface area contributed by atoms with Crippen LogP contribution in [0.25, 0.3) is 0 Å². The van der Waals surface area contributed by atoms with Crippen molar-refractivity contribution in [2.45, 2.75) is 31.7 Å². The van der Waals surface area contributed by atoms with Crippen molar-refractivity contribution in [2.24, 2.45) is 0 Å². The molecule has 0 spiro atoms. The zero-order chi connectivity index (χ0) is 22.2. The first-order chi connectivity index (χ1) is 15.8. The normalized spacial score (nSPS) is 13.2. The number of nitrogens with one attached hydrogen (secondary N) is 2. The summed E-state index contributed by atoms with van der Waals surface area (Å²) in [5, 5.41) is 7.42. The molecule has 168 valence electrons. The summed E-state index contributed by atoms with van der Waals surface area (Å²) in [6.07, 6.45) is 4.29. The summed E-state index contributed by atoms with van der Waals surface area (Å²) >= 11 is 0. The van der Waals surface area contributed by atoms with Crippen LogP contribution in [0.15, 0.2) is 66.7 Å². The Hall–Kier alpha value is -2.82. The van der Waals surface area contributed by atoms with Crippen molar-refractivity contribution in [3.63, 3.8) is 0 Å². The lowest BCUT2D eigenvalue weighted by Crippen LogP contribution is -2.27. The van der Waals surface area contributed by atoms with Crippen LogP contribution >= 0.6 is 0 Å². The van der Waals surface area contributed by atoms with E-state index < -0.39 is 0 Å². The number of ether oxygens (including phenoxy) is 2. The highest BCUT2D eigenvalue weighted by molar-refractivity contribution is 5.44. The lowest BCUT2D eigenvalue weighted by Gasteiger charge is -2.22. The minimum absolute atomic E-state index is 0.275. The number of fused-ring (bicyclic) bond motifs is 2. The molecule has 0 aliphatic heterocycles. The maximum absolute atomic E-state index is 5.40. The summed E-state index contributed by atoms with van der Waals surface area (Å²) < 4.78 is 10.7. The van der Waals surface area contributed by atoms with Crippen LogP contribution in [0.3, 0.4) is 0 Å². The van der Waals surface area contributed by atoms with E-state index in [0.717, 1.165) is 56.8 Å². The molecular weight excluding hydrogens is 396 g/mol. The molecule has 4 heteroatoms. The van der Waals surface area contributed by atoms with Crippen molar-refractivity contribution in [3.8, 4) is 11.5 Å². The summed E-state index contributed by atoms with van der Waals surface area (Å²) in [4.78, 5) is 0. The van der Waals surface area contributed by atoms with Gasteiger partial charge in [0.1, 0.15) is 0 Å². The standard InChI is InChI=1S/C28H34N2O2/c1-31-26-15-12-21(20-27(26)32-2)16-19-29-17-7-18-30-28-24-10-5-3-8-22(24)13-14-23-9-4-6-11-25(23)28/h3-6,8-12,15,20,28-30H,7,13-14,16-19H2,1-2H3. The number of aryl methyl sites for hydroxylation is 2. The molecule has 0 aromatic heterocycles. The van der Waals surface area contributed by atoms with Gasteiger partial charge in [-0.05, 0) is 85.3 Å². The summed E-state index contributed by atoms with van der Waals surface area (Å²) in [5.41, 5.74) is 7.04. The molecule has 4 rings (SSSR count). The zero-order valence-electron chi connectivity index (χ0n) is 19.2. The molecule has 0 bridgehead atoms. The van der Waals surface area contributed by atoms with E-state index in [9.17, 15) is 0 Å².